The van der Waals surface area contributed by atoms with Gasteiger partial charge < -0.3 is 9.26 Å². The Morgan fingerprint density at radius 2 is 2.10 bits per heavy atom. The third-order valence-corrected chi connectivity index (χ3v) is 4.40. The molecular formula is C14H19N3O2S. The van der Waals surface area contributed by atoms with Crippen molar-refractivity contribution in [1.29, 1.82) is 0 Å². The normalized spacial score (nSPS) is 25.8. The van der Waals surface area contributed by atoms with Crippen molar-refractivity contribution in [3.63, 3.8) is 0 Å². The first-order valence-electron chi connectivity index (χ1n) is 6.90. The van der Waals surface area contributed by atoms with E-state index >= 15 is 0 Å². The van der Waals surface area contributed by atoms with Crippen LogP contribution in [0.25, 0.3) is 10.7 Å². The van der Waals surface area contributed by atoms with Crippen LogP contribution < -0.4 is 0 Å². The molecule has 0 N–H and O–H groups in total. The third kappa shape index (κ3) is 2.77. The lowest BCUT2D eigenvalue weighted by Crippen LogP contribution is -2.46. The van der Waals surface area contributed by atoms with Crippen LogP contribution in [0, 0.1) is 0 Å². The van der Waals surface area contributed by atoms with Crippen LogP contribution in [0.1, 0.15) is 32.7 Å². The highest BCUT2D eigenvalue weighted by atomic mass is 32.1. The lowest BCUT2D eigenvalue weighted by molar-refractivity contribution is -0.0818. The fourth-order valence-corrected chi connectivity index (χ4v) is 3.25. The molecule has 0 bridgehead atoms. The lowest BCUT2D eigenvalue weighted by Gasteiger charge is -2.37. The van der Waals surface area contributed by atoms with E-state index < -0.39 is 0 Å². The number of hydrogen-bond donors (Lipinski definition) is 0. The van der Waals surface area contributed by atoms with Gasteiger partial charge >= 0.3 is 0 Å². The molecule has 3 heterocycles. The van der Waals surface area contributed by atoms with Crippen molar-refractivity contribution in [3.8, 4) is 10.7 Å². The van der Waals surface area contributed by atoms with Gasteiger partial charge in [0, 0.05) is 13.1 Å². The largest absolute Gasteiger partial charge is 0.373 e. The van der Waals surface area contributed by atoms with Crippen LogP contribution in [-0.2, 0) is 4.74 Å². The molecule has 1 aliphatic rings. The second-order valence-electron chi connectivity index (χ2n) is 5.32. The van der Waals surface area contributed by atoms with Crippen LogP contribution in [0.3, 0.4) is 0 Å². The molecule has 0 aromatic carbocycles. The standard InChI is InChI=1S/C14H19N3O2S/c1-9-7-17(8-10(2)18-9)11(3)14-15-13(16-19-14)12-5-4-6-20-12/h4-6,9-11H,7-8H2,1-3H3/t9-,10-,11+/m0/s1. The van der Waals surface area contributed by atoms with Gasteiger partial charge in [0.15, 0.2) is 0 Å². The number of morpholine rings is 1. The molecule has 0 unspecified atom stereocenters. The Balaban J connectivity index is 1.75. The zero-order valence-corrected chi connectivity index (χ0v) is 12.8. The van der Waals surface area contributed by atoms with Crippen molar-refractivity contribution < 1.29 is 9.26 Å². The van der Waals surface area contributed by atoms with E-state index in [2.05, 4.69) is 35.8 Å². The molecule has 2 aromatic rings. The van der Waals surface area contributed by atoms with E-state index in [-0.39, 0.29) is 18.2 Å². The highest BCUT2D eigenvalue weighted by Crippen LogP contribution is 2.27. The van der Waals surface area contributed by atoms with Gasteiger partial charge in [0.25, 0.3) is 0 Å². The number of rotatable bonds is 3. The van der Waals surface area contributed by atoms with Crippen molar-refractivity contribution in [2.75, 3.05) is 13.1 Å². The molecule has 5 nitrogen and oxygen atoms in total. The third-order valence-electron chi connectivity index (χ3n) is 3.54. The van der Waals surface area contributed by atoms with E-state index in [4.69, 9.17) is 9.26 Å². The molecule has 3 rings (SSSR count). The monoisotopic (exact) mass is 293 g/mol. The molecule has 6 heteroatoms. The molecule has 3 atom stereocenters. The summed E-state index contributed by atoms with van der Waals surface area (Å²) >= 11 is 1.62. The molecule has 1 aliphatic heterocycles. The Morgan fingerprint density at radius 3 is 2.75 bits per heavy atom. The molecule has 0 saturated carbocycles. The van der Waals surface area contributed by atoms with Gasteiger partial charge in [-0.25, -0.2) is 0 Å². The Bertz CT molecular complexity index is 545. The second-order valence-corrected chi connectivity index (χ2v) is 6.27. The van der Waals surface area contributed by atoms with E-state index in [0.29, 0.717) is 11.7 Å². The van der Waals surface area contributed by atoms with Gasteiger partial charge in [-0.05, 0) is 32.2 Å². The second kappa shape index (κ2) is 5.63. The smallest absolute Gasteiger partial charge is 0.244 e. The average molecular weight is 293 g/mol. The molecule has 0 spiro atoms. The predicted molar refractivity (Wildman–Crippen MR) is 77.6 cm³/mol. The van der Waals surface area contributed by atoms with Gasteiger partial charge in [-0.2, -0.15) is 4.98 Å². The molecule has 0 aliphatic carbocycles. The minimum Gasteiger partial charge on any atom is -0.373 e. The fraction of sp³-hybridized carbons (Fsp3) is 0.571. The number of hydrogen-bond acceptors (Lipinski definition) is 6. The van der Waals surface area contributed by atoms with Crippen LogP contribution in [0.4, 0.5) is 0 Å². The van der Waals surface area contributed by atoms with Gasteiger partial charge in [0.1, 0.15) is 0 Å². The first-order valence-corrected chi connectivity index (χ1v) is 7.78. The highest BCUT2D eigenvalue weighted by Gasteiger charge is 2.29. The summed E-state index contributed by atoms with van der Waals surface area (Å²) in [6.07, 6.45) is 0.474. The number of nitrogens with zero attached hydrogens (tertiary/aromatic N) is 3. The maximum atomic E-state index is 5.76. The lowest BCUT2D eigenvalue weighted by atomic mass is 10.2. The Labute approximate surface area is 122 Å². The van der Waals surface area contributed by atoms with Gasteiger partial charge in [-0.1, -0.05) is 11.2 Å². The fourth-order valence-electron chi connectivity index (χ4n) is 2.60. The Morgan fingerprint density at radius 1 is 1.35 bits per heavy atom. The summed E-state index contributed by atoms with van der Waals surface area (Å²) in [7, 11) is 0. The zero-order valence-electron chi connectivity index (χ0n) is 11.9. The average Bonchev–Trinajstić information content (AvgIpc) is 3.07. The van der Waals surface area contributed by atoms with Gasteiger partial charge in [0.2, 0.25) is 11.7 Å². The number of ether oxygens (including phenoxy) is 1. The summed E-state index contributed by atoms with van der Waals surface area (Å²) in [5, 5.41) is 6.09. The van der Waals surface area contributed by atoms with Gasteiger partial charge in [-0.3, -0.25) is 4.90 Å². The van der Waals surface area contributed by atoms with E-state index in [1.807, 2.05) is 17.5 Å². The summed E-state index contributed by atoms with van der Waals surface area (Å²) in [5.74, 6) is 1.35. The van der Waals surface area contributed by atoms with Crippen LogP contribution >= 0.6 is 11.3 Å². The van der Waals surface area contributed by atoms with Crippen LogP contribution in [0.15, 0.2) is 22.0 Å². The van der Waals surface area contributed by atoms with E-state index in [1.54, 1.807) is 11.3 Å². The molecule has 20 heavy (non-hydrogen) atoms. The maximum Gasteiger partial charge on any atom is 0.244 e. The number of aromatic nitrogens is 2. The molecule has 1 fully saturated rings. The minimum atomic E-state index is 0.116. The predicted octanol–water partition coefficient (Wildman–Crippen LogP) is 2.97. The molecule has 1 saturated heterocycles. The summed E-state index contributed by atoms with van der Waals surface area (Å²) in [6.45, 7) is 8.08. The zero-order chi connectivity index (χ0) is 14.1. The summed E-state index contributed by atoms with van der Waals surface area (Å²) in [5.41, 5.74) is 0. The van der Waals surface area contributed by atoms with E-state index in [9.17, 15) is 0 Å². The quantitative estimate of drug-likeness (QED) is 0.871. The van der Waals surface area contributed by atoms with E-state index in [1.165, 1.54) is 0 Å². The minimum absolute atomic E-state index is 0.116. The Kier molecular flexibility index (Phi) is 3.87. The summed E-state index contributed by atoms with van der Waals surface area (Å²) in [6, 6.07) is 4.11. The van der Waals surface area contributed by atoms with Crippen molar-refractivity contribution in [3.05, 3.63) is 23.4 Å². The van der Waals surface area contributed by atoms with Crippen LogP contribution in [0.2, 0.25) is 0 Å². The molecular weight excluding hydrogens is 274 g/mol. The topological polar surface area (TPSA) is 51.4 Å². The first-order chi connectivity index (χ1) is 9.63. The van der Waals surface area contributed by atoms with Crippen molar-refractivity contribution in [2.45, 2.75) is 39.0 Å². The molecule has 0 radical (unpaired) electrons. The van der Waals surface area contributed by atoms with Crippen LogP contribution in [-0.4, -0.2) is 40.3 Å². The molecule has 0 amide bonds. The summed E-state index contributed by atoms with van der Waals surface area (Å²) < 4.78 is 11.2. The van der Waals surface area contributed by atoms with Crippen LogP contribution in [0.5, 0.6) is 0 Å². The van der Waals surface area contributed by atoms with Crippen molar-refractivity contribution >= 4 is 11.3 Å². The van der Waals surface area contributed by atoms with Gasteiger partial charge in [0.05, 0.1) is 23.1 Å². The molecule has 2 aromatic heterocycles. The first kappa shape index (κ1) is 13.7. The SMILES string of the molecule is C[C@H](c1nc(-c2cccs2)no1)N1C[C@H](C)O[C@@H](C)C1. The highest BCUT2D eigenvalue weighted by molar-refractivity contribution is 7.13. The van der Waals surface area contributed by atoms with Crippen molar-refractivity contribution in [1.82, 2.24) is 15.0 Å². The maximum absolute atomic E-state index is 5.76. The van der Waals surface area contributed by atoms with Gasteiger partial charge in [-0.15, -0.1) is 11.3 Å². The molecule has 108 valence electrons. The van der Waals surface area contributed by atoms with E-state index in [0.717, 1.165) is 18.0 Å². The number of thiophene rings is 1. The Hall–Kier alpha value is -1.24. The summed E-state index contributed by atoms with van der Waals surface area (Å²) in [4.78, 5) is 7.90. The van der Waals surface area contributed by atoms with Crippen molar-refractivity contribution in [2.24, 2.45) is 0 Å².